The van der Waals surface area contributed by atoms with E-state index in [4.69, 9.17) is 0 Å². The zero-order chi connectivity index (χ0) is 19.6. The van der Waals surface area contributed by atoms with Crippen molar-refractivity contribution in [2.45, 2.75) is 30.1 Å². The second-order valence-electron chi connectivity index (χ2n) is 6.38. The van der Waals surface area contributed by atoms with Crippen molar-refractivity contribution in [3.63, 3.8) is 0 Å². The van der Waals surface area contributed by atoms with Crippen LogP contribution in [0.1, 0.15) is 17.5 Å². The fourth-order valence-electron chi connectivity index (χ4n) is 2.81. The average molecular weight is 405 g/mol. The van der Waals surface area contributed by atoms with E-state index in [0.29, 0.717) is 17.1 Å². The topological polar surface area (TPSA) is 92.3 Å². The number of sulfone groups is 1. The van der Waals surface area contributed by atoms with Gasteiger partial charge in [0, 0.05) is 17.0 Å². The fraction of sp³-hybridized carbons (Fsp3) is 0.263. The van der Waals surface area contributed by atoms with E-state index in [1.54, 1.807) is 6.07 Å². The third-order valence-electron chi connectivity index (χ3n) is 4.29. The standard InChI is InChI=1S/C19H20N2O4S2/c1-12-4-3-5-13(2)19(12)21-17(22)8-9-27(24,25)14-6-7-16-15(10-14)20-18(23)11-26-16/h3-7,10H,8-9,11H2,1-2H3,(H,20,23)(H,21,22). The van der Waals surface area contributed by atoms with E-state index in [-0.39, 0.29) is 28.9 Å². The molecule has 0 bridgehead atoms. The Kier molecular flexibility index (Phi) is 5.57. The Hall–Kier alpha value is -2.32. The lowest BCUT2D eigenvalue weighted by molar-refractivity contribution is -0.116. The van der Waals surface area contributed by atoms with E-state index in [0.717, 1.165) is 16.0 Å². The molecule has 8 heteroatoms. The zero-order valence-electron chi connectivity index (χ0n) is 15.0. The fourth-order valence-corrected chi connectivity index (χ4v) is 4.87. The molecule has 2 N–H and O–H groups in total. The molecule has 3 rings (SSSR count). The molecule has 142 valence electrons. The van der Waals surface area contributed by atoms with Crippen molar-refractivity contribution in [3.05, 3.63) is 47.5 Å². The van der Waals surface area contributed by atoms with Crippen LogP contribution in [0.3, 0.4) is 0 Å². The lowest BCUT2D eigenvalue weighted by Crippen LogP contribution is -2.20. The van der Waals surface area contributed by atoms with E-state index in [9.17, 15) is 18.0 Å². The molecular formula is C19H20N2O4S2. The largest absolute Gasteiger partial charge is 0.326 e. The molecule has 0 fully saturated rings. The maximum atomic E-state index is 12.6. The predicted octanol–water partition coefficient (Wildman–Crippen LogP) is 3.15. The van der Waals surface area contributed by atoms with Crippen molar-refractivity contribution in [2.75, 3.05) is 22.1 Å². The summed E-state index contributed by atoms with van der Waals surface area (Å²) in [6, 6.07) is 10.3. The quantitative estimate of drug-likeness (QED) is 0.799. The molecule has 0 saturated carbocycles. The summed E-state index contributed by atoms with van der Waals surface area (Å²) >= 11 is 1.37. The first-order valence-corrected chi connectivity index (χ1v) is 11.1. The highest BCUT2D eigenvalue weighted by molar-refractivity contribution is 8.00. The van der Waals surface area contributed by atoms with E-state index < -0.39 is 9.84 Å². The summed E-state index contributed by atoms with van der Waals surface area (Å²) in [4.78, 5) is 24.7. The molecular weight excluding hydrogens is 384 g/mol. The van der Waals surface area contributed by atoms with Crippen molar-refractivity contribution in [1.29, 1.82) is 0 Å². The van der Waals surface area contributed by atoms with Gasteiger partial charge in [-0.05, 0) is 43.2 Å². The van der Waals surface area contributed by atoms with Crippen molar-refractivity contribution in [2.24, 2.45) is 0 Å². The average Bonchev–Trinajstić information content (AvgIpc) is 2.62. The molecule has 0 saturated heterocycles. The highest BCUT2D eigenvalue weighted by atomic mass is 32.2. The molecule has 0 radical (unpaired) electrons. The van der Waals surface area contributed by atoms with Crippen LogP contribution in [-0.4, -0.2) is 31.7 Å². The van der Waals surface area contributed by atoms with Crippen LogP contribution >= 0.6 is 11.8 Å². The predicted molar refractivity (Wildman–Crippen MR) is 107 cm³/mol. The number of amides is 2. The van der Waals surface area contributed by atoms with Gasteiger partial charge in [-0.2, -0.15) is 0 Å². The minimum Gasteiger partial charge on any atom is -0.326 e. The van der Waals surface area contributed by atoms with Gasteiger partial charge >= 0.3 is 0 Å². The molecule has 2 aromatic rings. The van der Waals surface area contributed by atoms with E-state index >= 15 is 0 Å². The number of hydrogen-bond acceptors (Lipinski definition) is 5. The van der Waals surface area contributed by atoms with Gasteiger partial charge in [0.05, 0.1) is 22.1 Å². The normalized spacial score (nSPS) is 13.6. The van der Waals surface area contributed by atoms with Crippen LogP contribution in [0.4, 0.5) is 11.4 Å². The number of carbonyl (C=O) groups is 2. The molecule has 6 nitrogen and oxygen atoms in total. The number of benzene rings is 2. The molecule has 0 aromatic heterocycles. The van der Waals surface area contributed by atoms with Crippen molar-refractivity contribution in [1.82, 2.24) is 0 Å². The zero-order valence-corrected chi connectivity index (χ0v) is 16.7. The highest BCUT2D eigenvalue weighted by Gasteiger charge is 2.21. The summed E-state index contributed by atoms with van der Waals surface area (Å²) < 4.78 is 25.2. The van der Waals surface area contributed by atoms with Gasteiger partial charge in [-0.15, -0.1) is 11.8 Å². The number of thioether (sulfide) groups is 1. The SMILES string of the molecule is Cc1cccc(C)c1NC(=O)CCS(=O)(=O)c1ccc2c(c1)NC(=O)CS2. The summed E-state index contributed by atoms with van der Waals surface area (Å²) in [7, 11) is -3.64. The van der Waals surface area contributed by atoms with Crippen LogP contribution in [-0.2, 0) is 19.4 Å². The third kappa shape index (κ3) is 4.51. The maximum absolute atomic E-state index is 12.6. The van der Waals surface area contributed by atoms with Gasteiger partial charge in [0.25, 0.3) is 0 Å². The molecule has 2 amide bonds. The van der Waals surface area contributed by atoms with Gasteiger partial charge in [-0.1, -0.05) is 18.2 Å². The Labute approximate surface area is 162 Å². The Morgan fingerprint density at radius 1 is 1.19 bits per heavy atom. The molecule has 0 aliphatic carbocycles. The van der Waals surface area contributed by atoms with Gasteiger partial charge < -0.3 is 10.6 Å². The van der Waals surface area contributed by atoms with E-state index in [1.165, 1.54) is 23.9 Å². The van der Waals surface area contributed by atoms with Crippen molar-refractivity contribution >= 4 is 44.8 Å². The number of anilines is 2. The summed E-state index contributed by atoms with van der Waals surface area (Å²) in [5.74, 6) is -0.492. The van der Waals surface area contributed by atoms with Crippen LogP contribution in [0.2, 0.25) is 0 Å². The Balaban J connectivity index is 1.69. The Bertz CT molecular complexity index is 996. The van der Waals surface area contributed by atoms with Crippen LogP contribution in [0, 0.1) is 13.8 Å². The highest BCUT2D eigenvalue weighted by Crippen LogP contribution is 2.33. The number of nitrogens with one attached hydrogen (secondary N) is 2. The van der Waals surface area contributed by atoms with Crippen LogP contribution in [0.5, 0.6) is 0 Å². The molecule has 2 aromatic carbocycles. The van der Waals surface area contributed by atoms with Gasteiger partial charge in [0.15, 0.2) is 9.84 Å². The molecule has 1 aliphatic heterocycles. The number of hydrogen-bond donors (Lipinski definition) is 2. The van der Waals surface area contributed by atoms with Crippen molar-refractivity contribution < 1.29 is 18.0 Å². The molecule has 0 spiro atoms. The number of para-hydroxylation sites is 1. The minimum absolute atomic E-state index is 0.101. The van der Waals surface area contributed by atoms with E-state index in [2.05, 4.69) is 10.6 Å². The number of carbonyl (C=O) groups excluding carboxylic acids is 2. The summed E-state index contributed by atoms with van der Waals surface area (Å²) in [6.45, 7) is 3.78. The summed E-state index contributed by atoms with van der Waals surface area (Å²) in [5.41, 5.74) is 3.06. The van der Waals surface area contributed by atoms with Gasteiger partial charge in [-0.3, -0.25) is 9.59 Å². The van der Waals surface area contributed by atoms with Crippen LogP contribution in [0.15, 0.2) is 46.2 Å². The van der Waals surface area contributed by atoms with Crippen LogP contribution in [0.25, 0.3) is 0 Å². The Morgan fingerprint density at radius 2 is 1.89 bits per heavy atom. The lowest BCUT2D eigenvalue weighted by Gasteiger charge is -2.17. The molecule has 1 heterocycles. The van der Waals surface area contributed by atoms with E-state index in [1.807, 2.05) is 32.0 Å². The number of fused-ring (bicyclic) bond motifs is 1. The summed E-state index contributed by atoms with van der Waals surface area (Å²) in [5, 5.41) is 5.47. The second kappa shape index (κ2) is 7.74. The number of aryl methyl sites for hydroxylation is 2. The van der Waals surface area contributed by atoms with Crippen molar-refractivity contribution in [3.8, 4) is 0 Å². The van der Waals surface area contributed by atoms with Gasteiger partial charge in [0.1, 0.15) is 0 Å². The monoisotopic (exact) mass is 404 g/mol. The first kappa shape index (κ1) is 19.4. The minimum atomic E-state index is -3.64. The smallest absolute Gasteiger partial charge is 0.234 e. The first-order chi connectivity index (χ1) is 12.8. The second-order valence-corrected chi connectivity index (χ2v) is 9.50. The summed E-state index contributed by atoms with van der Waals surface area (Å²) in [6.07, 6.45) is -0.145. The maximum Gasteiger partial charge on any atom is 0.234 e. The van der Waals surface area contributed by atoms with Gasteiger partial charge in [-0.25, -0.2) is 8.42 Å². The Morgan fingerprint density at radius 3 is 2.59 bits per heavy atom. The lowest BCUT2D eigenvalue weighted by atomic mass is 10.1. The molecule has 1 aliphatic rings. The third-order valence-corrected chi connectivity index (χ3v) is 7.07. The first-order valence-electron chi connectivity index (χ1n) is 8.42. The van der Waals surface area contributed by atoms with Gasteiger partial charge in [0.2, 0.25) is 11.8 Å². The van der Waals surface area contributed by atoms with Crippen LogP contribution < -0.4 is 10.6 Å². The molecule has 27 heavy (non-hydrogen) atoms. The molecule has 0 unspecified atom stereocenters. The molecule has 0 atom stereocenters. The number of rotatable bonds is 5.